The van der Waals surface area contributed by atoms with Gasteiger partial charge >= 0.3 is 5.76 Å². The smallest absolute Gasteiger partial charge is 0.408 e. The first-order valence-electron chi connectivity index (χ1n) is 8.44. The SMILES string of the molecule is C[C@@H](Cc1csc2ccccc12)NC(=O)Cn1c(=O)oc2ccccc21. The van der Waals surface area contributed by atoms with Crippen LogP contribution in [0.25, 0.3) is 21.2 Å². The summed E-state index contributed by atoms with van der Waals surface area (Å²) in [5.41, 5.74) is 2.34. The fraction of sp³-hybridized carbons (Fsp3) is 0.200. The highest BCUT2D eigenvalue weighted by molar-refractivity contribution is 7.17. The van der Waals surface area contributed by atoms with Gasteiger partial charge in [0.15, 0.2) is 5.58 Å². The summed E-state index contributed by atoms with van der Waals surface area (Å²) in [6.45, 7) is 1.92. The van der Waals surface area contributed by atoms with Crippen LogP contribution in [0.2, 0.25) is 0 Å². The fourth-order valence-corrected chi connectivity index (χ4v) is 4.18. The van der Waals surface area contributed by atoms with E-state index in [9.17, 15) is 9.59 Å². The van der Waals surface area contributed by atoms with Gasteiger partial charge in [-0.1, -0.05) is 30.3 Å². The van der Waals surface area contributed by atoms with Crippen molar-refractivity contribution in [2.24, 2.45) is 0 Å². The maximum Gasteiger partial charge on any atom is 0.420 e. The maximum absolute atomic E-state index is 12.4. The van der Waals surface area contributed by atoms with Gasteiger partial charge in [-0.3, -0.25) is 9.36 Å². The Hall–Kier alpha value is -2.86. The lowest BCUT2D eigenvalue weighted by molar-refractivity contribution is -0.122. The molecule has 0 radical (unpaired) electrons. The number of fused-ring (bicyclic) bond motifs is 2. The zero-order valence-electron chi connectivity index (χ0n) is 14.3. The van der Waals surface area contributed by atoms with Crippen LogP contribution in [0.1, 0.15) is 12.5 Å². The predicted molar refractivity (Wildman–Crippen MR) is 104 cm³/mol. The van der Waals surface area contributed by atoms with Crippen molar-refractivity contribution in [3.8, 4) is 0 Å². The minimum absolute atomic E-state index is 0.0330. The van der Waals surface area contributed by atoms with Gasteiger partial charge < -0.3 is 9.73 Å². The number of aromatic nitrogens is 1. The zero-order valence-corrected chi connectivity index (χ0v) is 15.1. The van der Waals surface area contributed by atoms with Gasteiger partial charge in [-0.05, 0) is 47.9 Å². The highest BCUT2D eigenvalue weighted by Crippen LogP contribution is 2.26. The first-order chi connectivity index (χ1) is 12.6. The van der Waals surface area contributed by atoms with Gasteiger partial charge in [0, 0.05) is 10.7 Å². The number of hydrogen-bond donors (Lipinski definition) is 1. The molecule has 0 aliphatic rings. The second-order valence-electron chi connectivity index (χ2n) is 6.35. The molecule has 4 aromatic rings. The molecule has 0 spiro atoms. The van der Waals surface area contributed by atoms with Crippen LogP contribution in [0, 0.1) is 0 Å². The lowest BCUT2D eigenvalue weighted by Crippen LogP contribution is -2.37. The minimum atomic E-state index is -0.516. The molecule has 2 aromatic carbocycles. The molecule has 0 aliphatic carbocycles. The molecule has 6 heteroatoms. The van der Waals surface area contributed by atoms with E-state index in [0.29, 0.717) is 11.1 Å². The molecule has 26 heavy (non-hydrogen) atoms. The molecule has 1 atom stereocenters. The molecule has 0 fully saturated rings. The van der Waals surface area contributed by atoms with E-state index in [2.05, 4.69) is 22.8 Å². The Balaban J connectivity index is 1.46. The Labute approximate surface area is 153 Å². The summed E-state index contributed by atoms with van der Waals surface area (Å²) in [4.78, 5) is 24.4. The van der Waals surface area contributed by atoms with Gasteiger partial charge in [-0.2, -0.15) is 0 Å². The largest absolute Gasteiger partial charge is 0.420 e. The van der Waals surface area contributed by atoms with Crippen LogP contribution in [-0.2, 0) is 17.8 Å². The van der Waals surface area contributed by atoms with Crippen LogP contribution in [0.4, 0.5) is 0 Å². The summed E-state index contributed by atoms with van der Waals surface area (Å²) in [6.07, 6.45) is 0.747. The van der Waals surface area contributed by atoms with Crippen LogP contribution in [0.15, 0.2) is 63.1 Å². The van der Waals surface area contributed by atoms with Crippen LogP contribution in [-0.4, -0.2) is 16.5 Å². The molecule has 0 unspecified atom stereocenters. The van der Waals surface area contributed by atoms with Crippen molar-refractivity contribution >= 4 is 38.4 Å². The third-order valence-electron chi connectivity index (χ3n) is 4.37. The number of thiophene rings is 1. The summed E-state index contributed by atoms with van der Waals surface area (Å²) in [5, 5.41) is 6.35. The molecule has 5 nitrogen and oxygen atoms in total. The van der Waals surface area contributed by atoms with E-state index >= 15 is 0 Å². The van der Waals surface area contributed by atoms with E-state index < -0.39 is 5.76 Å². The van der Waals surface area contributed by atoms with Gasteiger partial charge in [0.05, 0.1) is 5.52 Å². The van der Waals surface area contributed by atoms with Crippen molar-refractivity contribution < 1.29 is 9.21 Å². The lowest BCUT2D eigenvalue weighted by Gasteiger charge is -2.13. The first kappa shape index (κ1) is 16.6. The predicted octanol–water partition coefficient (Wildman–Crippen LogP) is 3.56. The van der Waals surface area contributed by atoms with Gasteiger partial charge in [-0.25, -0.2) is 4.79 Å². The highest BCUT2D eigenvalue weighted by atomic mass is 32.1. The second-order valence-corrected chi connectivity index (χ2v) is 7.26. The van der Waals surface area contributed by atoms with Crippen LogP contribution in [0.3, 0.4) is 0 Å². The van der Waals surface area contributed by atoms with E-state index in [1.807, 2.05) is 25.1 Å². The Morgan fingerprint density at radius 1 is 1.19 bits per heavy atom. The summed E-state index contributed by atoms with van der Waals surface area (Å²) >= 11 is 1.71. The molecule has 0 aliphatic heterocycles. The third-order valence-corrected chi connectivity index (χ3v) is 5.38. The van der Waals surface area contributed by atoms with Crippen LogP contribution >= 0.6 is 11.3 Å². The lowest BCUT2D eigenvalue weighted by atomic mass is 10.1. The maximum atomic E-state index is 12.4. The second kappa shape index (κ2) is 6.80. The van der Waals surface area contributed by atoms with Gasteiger partial charge in [-0.15, -0.1) is 11.3 Å². The number of benzene rings is 2. The molecule has 4 rings (SSSR count). The topological polar surface area (TPSA) is 64.2 Å². The molecule has 2 aromatic heterocycles. The van der Waals surface area contributed by atoms with E-state index in [1.54, 1.807) is 29.5 Å². The number of hydrogen-bond acceptors (Lipinski definition) is 4. The Morgan fingerprint density at radius 2 is 1.96 bits per heavy atom. The molecule has 2 heterocycles. The van der Waals surface area contributed by atoms with Gasteiger partial charge in [0.1, 0.15) is 6.54 Å². The van der Waals surface area contributed by atoms with Crippen molar-refractivity contribution in [3.05, 3.63) is 70.0 Å². The molecule has 1 N–H and O–H groups in total. The molecular formula is C20H18N2O3S. The van der Waals surface area contributed by atoms with E-state index in [1.165, 1.54) is 20.2 Å². The van der Waals surface area contributed by atoms with Crippen molar-refractivity contribution in [1.82, 2.24) is 9.88 Å². The van der Waals surface area contributed by atoms with E-state index in [4.69, 9.17) is 4.42 Å². The van der Waals surface area contributed by atoms with Crippen LogP contribution in [0.5, 0.6) is 0 Å². The summed E-state index contributed by atoms with van der Waals surface area (Å²) < 4.78 is 7.77. The van der Waals surface area contributed by atoms with Crippen molar-refractivity contribution in [1.29, 1.82) is 0 Å². The average molecular weight is 366 g/mol. The van der Waals surface area contributed by atoms with Crippen LogP contribution < -0.4 is 11.1 Å². The number of nitrogens with zero attached hydrogens (tertiary/aromatic N) is 1. The van der Waals surface area contributed by atoms with Gasteiger partial charge in [0.25, 0.3) is 0 Å². The summed E-state index contributed by atoms with van der Waals surface area (Å²) in [5.74, 6) is -0.719. The number of carbonyl (C=O) groups is 1. The third kappa shape index (κ3) is 3.15. The normalized spacial score (nSPS) is 12.5. The quantitative estimate of drug-likeness (QED) is 0.587. The van der Waals surface area contributed by atoms with Gasteiger partial charge in [0.2, 0.25) is 5.91 Å². The molecule has 0 bridgehead atoms. The summed E-state index contributed by atoms with van der Waals surface area (Å²) in [6, 6.07) is 15.3. The molecule has 0 saturated heterocycles. The summed E-state index contributed by atoms with van der Waals surface area (Å²) in [7, 11) is 0. The number of para-hydroxylation sites is 2. The van der Waals surface area contributed by atoms with E-state index in [-0.39, 0.29) is 18.5 Å². The molecule has 1 amide bonds. The highest BCUT2D eigenvalue weighted by Gasteiger charge is 2.15. The minimum Gasteiger partial charge on any atom is -0.408 e. The average Bonchev–Trinajstić information content (AvgIpc) is 3.16. The first-order valence-corrected chi connectivity index (χ1v) is 9.32. The molecule has 0 saturated carbocycles. The Kier molecular flexibility index (Phi) is 4.34. The number of nitrogens with one attached hydrogen (secondary N) is 1. The Morgan fingerprint density at radius 3 is 2.85 bits per heavy atom. The standard InChI is InChI=1S/C20H18N2O3S/c1-13(10-14-12-26-18-9-5-2-6-15(14)18)21-19(23)11-22-16-7-3-4-8-17(16)25-20(22)24/h2-9,12-13H,10-11H2,1H3,(H,21,23)/t13-/m0/s1. The Bertz CT molecular complexity index is 1140. The zero-order chi connectivity index (χ0) is 18.1. The van der Waals surface area contributed by atoms with Crippen molar-refractivity contribution in [2.75, 3.05) is 0 Å². The van der Waals surface area contributed by atoms with Crippen molar-refractivity contribution in [2.45, 2.75) is 25.9 Å². The molecule has 132 valence electrons. The number of rotatable bonds is 5. The number of carbonyl (C=O) groups excluding carboxylic acids is 1. The number of oxazole rings is 1. The van der Waals surface area contributed by atoms with E-state index in [0.717, 1.165) is 6.42 Å². The molecular weight excluding hydrogens is 348 g/mol. The fourth-order valence-electron chi connectivity index (χ4n) is 3.20. The van der Waals surface area contributed by atoms with Crippen molar-refractivity contribution in [3.63, 3.8) is 0 Å². The number of amides is 1. The monoisotopic (exact) mass is 366 g/mol.